The van der Waals surface area contributed by atoms with Crippen molar-refractivity contribution in [3.8, 4) is 0 Å². The van der Waals surface area contributed by atoms with Gasteiger partial charge in [0.05, 0.1) is 0 Å². The third kappa shape index (κ3) is 4.02. The number of fused-ring (bicyclic) bond motifs is 1. The molecular weight excluding hydrogens is 370 g/mol. The smallest absolute Gasteiger partial charge is 0.410 e. The van der Waals surface area contributed by atoms with Gasteiger partial charge in [-0.3, -0.25) is 0 Å². The number of rotatable bonds is 1. The van der Waals surface area contributed by atoms with E-state index >= 15 is 0 Å². The Labute approximate surface area is 152 Å². The van der Waals surface area contributed by atoms with Crippen LogP contribution in [0.15, 0.2) is 16.7 Å². The molecule has 0 saturated carbocycles. The summed E-state index contributed by atoms with van der Waals surface area (Å²) in [5.41, 5.74) is 0.891. The highest BCUT2D eigenvalue weighted by Gasteiger charge is 2.31. The van der Waals surface area contributed by atoms with Gasteiger partial charge in [-0.2, -0.15) is 0 Å². The number of aryl methyl sites for hydroxylation is 1. The summed E-state index contributed by atoms with van der Waals surface area (Å²) in [6, 6.07) is 2.64. The fraction of sp³-hybridized carbons (Fsp3) is 0.667. The standard InChI is InChI=1S/C18H26BrN3O2/c1-18(2,3)24-17(23)21-9-6-15(7-10-21)22-8-4-5-13-11-14(19)12-20-16(13)22/h11-12,15H,4-10H2,1-3H3. The monoisotopic (exact) mass is 395 g/mol. The summed E-state index contributed by atoms with van der Waals surface area (Å²) < 4.78 is 6.53. The van der Waals surface area contributed by atoms with E-state index in [2.05, 4.69) is 31.9 Å². The van der Waals surface area contributed by atoms with Gasteiger partial charge in [0.25, 0.3) is 0 Å². The van der Waals surface area contributed by atoms with E-state index in [1.165, 1.54) is 5.56 Å². The minimum Gasteiger partial charge on any atom is -0.444 e. The van der Waals surface area contributed by atoms with Crippen LogP contribution in [0.4, 0.5) is 10.6 Å². The van der Waals surface area contributed by atoms with Crippen molar-refractivity contribution in [3.63, 3.8) is 0 Å². The Morgan fingerprint density at radius 3 is 2.67 bits per heavy atom. The van der Waals surface area contributed by atoms with E-state index in [4.69, 9.17) is 4.74 Å². The first-order valence-corrected chi connectivity index (χ1v) is 9.52. The minimum atomic E-state index is -0.433. The summed E-state index contributed by atoms with van der Waals surface area (Å²) in [7, 11) is 0. The first-order valence-electron chi connectivity index (χ1n) is 8.72. The van der Waals surface area contributed by atoms with Crippen LogP contribution in [0.25, 0.3) is 0 Å². The van der Waals surface area contributed by atoms with Crippen molar-refractivity contribution < 1.29 is 9.53 Å². The van der Waals surface area contributed by atoms with Gasteiger partial charge in [0, 0.05) is 36.3 Å². The summed E-state index contributed by atoms with van der Waals surface area (Å²) in [5, 5.41) is 0. The largest absolute Gasteiger partial charge is 0.444 e. The highest BCUT2D eigenvalue weighted by Crippen LogP contribution is 2.31. The predicted octanol–water partition coefficient (Wildman–Crippen LogP) is 4.00. The van der Waals surface area contributed by atoms with Gasteiger partial charge in [0.1, 0.15) is 11.4 Å². The van der Waals surface area contributed by atoms with Crippen LogP contribution in [0.2, 0.25) is 0 Å². The van der Waals surface area contributed by atoms with Crippen LogP contribution in [0, 0.1) is 0 Å². The van der Waals surface area contributed by atoms with E-state index in [0.29, 0.717) is 6.04 Å². The molecule has 0 spiro atoms. The molecule has 5 nitrogen and oxygen atoms in total. The molecule has 0 bridgehead atoms. The number of pyridine rings is 1. The van der Waals surface area contributed by atoms with Gasteiger partial charge in [-0.25, -0.2) is 9.78 Å². The van der Waals surface area contributed by atoms with Crippen molar-refractivity contribution in [2.24, 2.45) is 0 Å². The van der Waals surface area contributed by atoms with Gasteiger partial charge in [-0.15, -0.1) is 0 Å². The average molecular weight is 396 g/mol. The minimum absolute atomic E-state index is 0.193. The van der Waals surface area contributed by atoms with Crippen LogP contribution < -0.4 is 4.90 Å². The lowest BCUT2D eigenvalue weighted by molar-refractivity contribution is 0.0204. The third-order valence-electron chi connectivity index (χ3n) is 4.58. The fourth-order valence-electron chi connectivity index (χ4n) is 3.50. The summed E-state index contributed by atoms with van der Waals surface area (Å²) in [4.78, 5) is 21.1. The van der Waals surface area contributed by atoms with Gasteiger partial charge in [0.15, 0.2) is 0 Å². The van der Waals surface area contributed by atoms with Crippen LogP contribution in [0.3, 0.4) is 0 Å². The van der Waals surface area contributed by atoms with E-state index in [1.54, 1.807) is 0 Å². The van der Waals surface area contributed by atoms with Crippen LogP contribution in [0.5, 0.6) is 0 Å². The van der Waals surface area contributed by atoms with Crippen LogP contribution >= 0.6 is 15.9 Å². The molecule has 1 amide bonds. The molecule has 0 unspecified atom stereocenters. The second-order valence-electron chi connectivity index (χ2n) is 7.63. The zero-order valence-corrected chi connectivity index (χ0v) is 16.3. The van der Waals surface area contributed by atoms with E-state index in [1.807, 2.05) is 31.9 Å². The molecule has 1 aromatic rings. The molecule has 1 fully saturated rings. The Morgan fingerprint density at radius 1 is 1.29 bits per heavy atom. The van der Waals surface area contributed by atoms with Crippen LogP contribution in [0.1, 0.15) is 45.6 Å². The van der Waals surface area contributed by atoms with Gasteiger partial charge in [-0.05, 0) is 74.0 Å². The number of hydrogen-bond acceptors (Lipinski definition) is 4. The van der Waals surface area contributed by atoms with Crippen LogP contribution in [-0.2, 0) is 11.2 Å². The highest BCUT2D eigenvalue weighted by molar-refractivity contribution is 9.10. The van der Waals surface area contributed by atoms with Crippen molar-refractivity contribution in [2.75, 3.05) is 24.5 Å². The fourth-order valence-corrected chi connectivity index (χ4v) is 3.88. The Balaban J connectivity index is 1.63. The Bertz CT molecular complexity index is 607. The van der Waals surface area contributed by atoms with Crippen molar-refractivity contribution in [1.82, 2.24) is 9.88 Å². The molecule has 0 N–H and O–H groups in total. The molecule has 3 heterocycles. The zero-order valence-electron chi connectivity index (χ0n) is 14.7. The topological polar surface area (TPSA) is 45.7 Å². The van der Waals surface area contributed by atoms with E-state index in [0.717, 1.165) is 55.6 Å². The number of amides is 1. The Kier molecular flexibility index (Phi) is 5.04. The number of aromatic nitrogens is 1. The predicted molar refractivity (Wildman–Crippen MR) is 98.4 cm³/mol. The van der Waals surface area contributed by atoms with Gasteiger partial charge < -0.3 is 14.5 Å². The first-order chi connectivity index (χ1) is 11.3. The maximum Gasteiger partial charge on any atom is 0.410 e. The number of hydrogen-bond donors (Lipinski definition) is 0. The maximum atomic E-state index is 12.2. The average Bonchev–Trinajstić information content (AvgIpc) is 2.52. The van der Waals surface area contributed by atoms with Crippen molar-refractivity contribution in [2.45, 2.75) is 58.1 Å². The molecule has 0 radical (unpaired) electrons. The number of carbonyl (C=O) groups excluding carboxylic acids is 1. The number of halogens is 1. The molecule has 2 aliphatic heterocycles. The number of nitrogens with zero attached hydrogens (tertiary/aromatic N) is 3. The summed E-state index contributed by atoms with van der Waals surface area (Å²) in [6.45, 7) is 8.28. The van der Waals surface area contributed by atoms with E-state index in [9.17, 15) is 4.79 Å². The second kappa shape index (κ2) is 6.90. The lowest BCUT2D eigenvalue weighted by Gasteiger charge is -2.41. The number of likely N-dealkylation sites (tertiary alicyclic amines) is 1. The van der Waals surface area contributed by atoms with Crippen molar-refractivity contribution in [1.29, 1.82) is 0 Å². The first kappa shape index (κ1) is 17.5. The number of anilines is 1. The highest BCUT2D eigenvalue weighted by atomic mass is 79.9. The third-order valence-corrected chi connectivity index (χ3v) is 5.02. The molecule has 0 atom stereocenters. The molecule has 1 aromatic heterocycles. The SMILES string of the molecule is CC(C)(C)OC(=O)N1CCC(N2CCCc3cc(Br)cnc32)CC1. The number of ether oxygens (including phenoxy) is 1. The molecule has 0 aliphatic carbocycles. The van der Waals surface area contributed by atoms with Gasteiger partial charge in [-0.1, -0.05) is 0 Å². The van der Waals surface area contributed by atoms with Crippen molar-refractivity contribution >= 4 is 27.8 Å². The second-order valence-corrected chi connectivity index (χ2v) is 8.55. The Morgan fingerprint density at radius 2 is 2.00 bits per heavy atom. The molecule has 1 saturated heterocycles. The molecule has 2 aliphatic rings. The maximum absolute atomic E-state index is 12.2. The van der Waals surface area contributed by atoms with Gasteiger partial charge in [0.2, 0.25) is 0 Å². The van der Waals surface area contributed by atoms with Crippen LogP contribution in [-0.4, -0.2) is 47.3 Å². The summed E-state index contributed by atoms with van der Waals surface area (Å²) in [5.74, 6) is 1.13. The zero-order chi connectivity index (χ0) is 17.3. The molecule has 0 aromatic carbocycles. The number of carbonyl (C=O) groups is 1. The molecule has 24 heavy (non-hydrogen) atoms. The van der Waals surface area contributed by atoms with E-state index in [-0.39, 0.29) is 6.09 Å². The molecule has 3 rings (SSSR count). The normalized spacial score (nSPS) is 19.2. The lowest BCUT2D eigenvalue weighted by Crippen LogP contribution is -2.49. The van der Waals surface area contributed by atoms with Crippen molar-refractivity contribution in [3.05, 3.63) is 22.3 Å². The molecule has 132 valence electrons. The molecule has 6 heteroatoms. The summed E-state index contributed by atoms with van der Waals surface area (Å²) >= 11 is 3.51. The quantitative estimate of drug-likeness (QED) is 0.720. The molecular formula is C18H26BrN3O2. The van der Waals surface area contributed by atoms with E-state index < -0.39 is 5.60 Å². The van der Waals surface area contributed by atoms with Gasteiger partial charge >= 0.3 is 6.09 Å². The Hall–Kier alpha value is -1.30. The lowest BCUT2D eigenvalue weighted by atomic mass is 9.98. The summed E-state index contributed by atoms with van der Waals surface area (Å²) in [6.07, 6.45) is 5.88. The number of piperidine rings is 1.